The van der Waals surface area contributed by atoms with Crippen molar-refractivity contribution < 1.29 is 13.9 Å². The summed E-state index contributed by atoms with van der Waals surface area (Å²) in [5.41, 5.74) is 0.814. The van der Waals surface area contributed by atoms with E-state index in [4.69, 9.17) is 9.47 Å². The highest BCUT2D eigenvalue weighted by atomic mass is 79.9. The van der Waals surface area contributed by atoms with Gasteiger partial charge >= 0.3 is 0 Å². The Morgan fingerprint density at radius 3 is 3.00 bits per heavy atom. The van der Waals surface area contributed by atoms with E-state index in [1.807, 2.05) is 0 Å². The van der Waals surface area contributed by atoms with E-state index in [2.05, 4.69) is 15.9 Å². The second-order valence-corrected chi connectivity index (χ2v) is 4.83. The summed E-state index contributed by atoms with van der Waals surface area (Å²) in [4.78, 5) is -0.0133. The molecule has 4 heteroatoms. The molecule has 0 amide bonds. The number of hydrogen-bond acceptors (Lipinski definition) is 2. The molecule has 2 rings (SSSR count). The monoisotopic (exact) mass is 288 g/mol. The molecule has 0 N–H and O–H groups in total. The maximum atomic E-state index is 13.2. The van der Waals surface area contributed by atoms with Gasteiger partial charge in [0.15, 0.2) is 0 Å². The lowest BCUT2D eigenvalue weighted by atomic mass is 10.0. The number of benzene rings is 1. The molecule has 2 atom stereocenters. The molecular weight excluding hydrogens is 275 g/mol. The van der Waals surface area contributed by atoms with Gasteiger partial charge < -0.3 is 9.47 Å². The molecule has 0 saturated carbocycles. The third-order valence-electron chi connectivity index (χ3n) is 2.78. The molecule has 1 aromatic rings. The van der Waals surface area contributed by atoms with Crippen molar-refractivity contribution in [1.29, 1.82) is 0 Å². The summed E-state index contributed by atoms with van der Waals surface area (Å²) in [7, 11) is 1.59. The zero-order valence-corrected chi connectivity index (χ0v) is 10.7. The Morgan fingerprint density at radius 2 is 2.38 bits per heavy atom. The quantitative estimate of drug-likeness (QED) is 0.793. The second kappa shape index (κ2) is 5.15. The van der Waals surface area contributed by atoms with Gasteiger partial charge in [-0.25, -0.2) is 4.39 Å². The van der Waals surface area contributed by atoms with E-state index in [0.29, 0.717) is 5.75 Å². The molecule has 1 saturated heterocycles. The van der Waals surface area contributed by atoms with Gasteiger partial charge in [0.05, 0.1) is 18.0 Å². The van der Waals surface area contributed by atoms with Crippen LogP contribution in [0.15, 0.2) is 18.2 Å². The molecule has 1 heterocycles. The van der Waals surface area contributed by atoms with Crippen LogP contribution in [0.1, 0.15) is 23.2 Å². The van der Waals surface area contributed by atoms with Gasteiger partial charge in [0.2, 0.25) is 0 Å². The third-order valence-corrected chi connectivity index (χ3v) is 3.86. The van der Waals surface area contributed by atoms with Crippen molar-refractivity contribution >= 4 is 15.9 Å². The number of rotatable bonds is 3. The SMILES string of the molecule is COc1ccc(F)cc1C(Br)C1CCCO1. The van der Waals surface area contributed by atoms with Gasteiger partial charge in [-0.1, -0.05) is 15.9 Å². The zero-order valence-electron chi connectivity index (χ0n) is 9.08. The Hall–Kier alpha value is -0.610. The summed E-state index contributed by atoms with van der Waals surface area (Å²) in [6.45, 7) is 0.782. The molecule has 0 spiro atoms. The predicted octanol–water partition coefficient (Wildman–Crippen LogP) is 3.45. The zero-order chi connectivity index (χ0) is 11.5. The average Bonchev–Trinajstić information content (AvgIpc) is 2.81. The van der Waals surface area contributed by atoms with Gasteiger partial charge in [0.25, 0.3) is 0 Å². The van der Waals surface area contributed by atoms with Gasteiger partial charge in [-0.2, -0.15) is 0 Å². The van der Waals surface area contributed by atoms with E-state index in [-0.39, 0.29) is 16.7 Å². The van der Waals surface area contributed by atoms with Crippen LogP contribution in [0.5, 0.6) is 5.75 Å². The maximum absolute atomic E-state index is 13.2. The fraction of sp³-hybridized carbons (Fsp3) is 0.500. The highest BCUT2D eigenvalue weighted by molar-refractivity contribution is 9.09. The fourth-order valence-corrected chi connectivity index (χ4v) is 2.73. The molecule has 88 valence electrons. The van der Waals surface area contributed by atoms with Crippen molar-refractivity contribution in [2.75, 3.05) is 13.7 Å². The topological polar surface area (TPSA) is 18.5 Å². The van der Waals surface area contributed by atoms with E-state index in [0.717, 1.165) is 25.0 Å². The average molecular weight is 289 g/mol. The number of halogens is 2. The second-order valence-electron chi connectivity index (χ2n) is 3.84. The molecule has 1 aliphatic rings. The first kappa shape index (κ1) is 11.9. The van der Waals surface area contributed by atoms with Gasteiger partial charge in [-0.3, -0.25) is 0 Å². The van der Waals surface area contributed by atoms with Crippen molar-refractivity contribution in [3.63, 3.8) is 0 Å². The van der Waals surface area contributed by atoms with Crippen LogP contribution in [0.4, 0.5) is 4.39 Å². The van der Waals surface area contributed by atoms with E-state index in [1.165, 1.54) is 12.1 Å². The summed E-state index contributed by atoms with van der Waals surface area (Å²) >= 11 is 3.57. The minimum atomic E-state index is -0.252. The van der Waals surface area contributed by atoms with E-state index >= 15 is 0 Å². The van der Waals surface area contributed by atoms with E-state index in [1.54, 1.807) is 13.2 Å². The summed E-state index contributed by atoms with van der Waals surface area (Å²) < 4.78 is 24.0. The number of alkyl halides is 1. The molecule has 0 aromatic heterocycles. The summed E-state index contributed by atoms with van der Waals surface area (Å²) in [5, 5.41) is 0. The van der Waals surface area contributed by atoms with Gasteiger partial charge in [0.1, 0.15) is 11.6 Å². The number of hydrogen-bond donors (Lipinski definition) is 0. The molecule has 2 unspecified atom stereocenters. The van der Waals surface area contributed by atoms with E-state index < -0.39 is 0 Å². The van der Waals surface area contributed by atoms with Crippen molar-refractivity contribution in [3.05, 3.63) is 29.6 Å². The maximum Gasteiger partial charge on any atom is 0.123 e. The normalized spacial score (nSPS) is 22.1. The number of ether oxygens (including phenoxy) is 2. The van der Waals surface area contributed by atoms with Crippen molar-refractivity contribution in [2.24, 2.45) is 0 Å². The summed E-state index contributed by atoms with van der Waals surface area (Å²) in [5.74, 6) is 0.442. The van der Waals surface area contributed by atoms with Crippen LogP contribution < -0.4 is 4.74 Å². The largest absolute Gasteiger partial charge is 0.496 e. The highest BCUT2D eigenvalue weighted by Crippen LogP contribution is 2.38. The molecule has 0 aliphatic carbocycles. The first-order chi connectivity index (χ1) is 7.72. The molecule has 1 fully saturated rings. The van der Waals surface area contributed by atoms with Crippen LogP contribution in [0.2, 0.25) is 0 Å². The molecule has 1 aliphatic heterocycles. The third kappa shape index (κ3) is 2.38. The van der Waals surface area contributed by atoms with Crippen LogP contribution in [0.25, 0.3) is 0 Å². The Bertz CT molecular complexity index is 364. The first-order valence-corrected chi connectivity index (χ1v) is 6.23. The fourth-order valence-electron chi connectivity index (χ4n) is 1.95. The lowest BCUT2D eigenvalue weighted by Crippen LogP contribution is -2.13. The molecule has 0 radical (unpaired) electrons. The van der Waals surface area contributed by atoms with Crippen LogP contribution in [0.3, 0.4) is 0 Å². The van der Waals surface area contributed by atoms with Crippen molar-refractivity contribution in [1.82, 2.24) is 0 Å². The first-order valence-electron chi connectivity index (χ1n) is 5.31. The van der Waals surface area contributed by atoms with Crippen LogP contribution in [-0.2, 0) is 4.74 Å². The Morgan fingerprint density at radius 1 is 1.56 bits per heavy atom. The molecular formula is C12H14BrFO2. The van der Waals surface area contributed by atoms with Crippen LogP contribution in [0, 0.1) is 5.82 Å². The Kier molecular flexibility index (Phi) is 3.82. The Balaban J connectivity index is 2.26. The molecule has 1 aromatic carbocycles. The summed E-state index contributed by atoms with van der Waals surface area (Å²) in [6.07, 6.45) is 2.16. The van der Waals surface area contributed by atoms with Crippen molar-refractivity contribution in [3.8, 4) is 5.75 Å². The summed E-state index contributed by atoms with van der Waals surface area (Å²) in [6, 6.07) is 4.55. The van der Waals surface area contributed by atoms with Crippen LogP contribution >= 0.6 is 15.9 Å². The molecule has 16 heavy (non-hydrogen) atoms. The highest BCUT2D eigenvalue weighted by Gasteiger charge is 2.27. The van der Waals surface area contributed by atoms with Gasteiger partial charge in [0, 0.05) is 12.2 Å². The predicted molar refractivity (Wildman–Crippen MR) is 63.6 cm³/mol. The van der Waals surface area contributed by atoms with Gasteiger partial charge in [-0.15, -0.1) is 0 Å². The minimum Gasteiger partial charge on any atom is -0.496 e. The lowest BCUT2D eigenvalue weighted by molar-refractivity contribution is 0.110. The van der Waals surface area contributed by atoms with E-state index in [9.17, 15) is 4.39 Å². The molecule has 0 bridgehead atoms. The minimum absolute atomic E-state index is 0.0133. The number of methoxy groups -OCH3 is 1. The standard InChI is InChI=1S/C12H14BrFO2/c1-15-10-5-4-8(14)7-9(10)12(13)11-3-2-6-16-11/h4-5,7,11-12H,2-3,6H2,1H3. The molecule has 2 nitrogen and oxygen atoms in total. The van der Waals surface area contributed by atoms with Crippen molar-refractivity contribution in [2.45, 2.75) is 23.8 Å². The Labute approximate surface area is 103 Å². The van der Waals surface area contributed by atoms with Crippen LogP contribution in [-0.4, -0.2) is 19.8 Å². The van der Waals surface area contributed by atoms with Gasteiger partial charge in [-0.05, 0) is 31.0 Å². The lowest BCUT2D eigenvalue weighted by Gasteiger charge is -2.19. The smallest absolute Gasteiger partial charge is 0.123 e.